The van der Waals surface area contributed by atoms with Crippen molar-refractivity contribution in [2.24, 2.45) is 0 Å². The molecule has 7 heteroatoms. The van der Waals surface area contributed by atoms with E-state index in [9.17, 15) is 9.59 Å². The average Bonchev–Trinajstić information content (AvgIpc) is 2.80. The van der Waals surface area contributed by atoms with Crippen LogP contribution < -0.4 is 5.32 Å². The average molecular weight is 313 g/mol. The Labute approximate surface area is 124 Å². The van der Waals surface area contributed by atoms with Crippen molar-refractivity contribution in [3.8, 4) is 0 Å². The number of aromatic nitrogens is 1. The molecule has 0 spiro atoms. The monoisotopic (exact) mass is 312 g/mol. The number of rotatable bonds is 4. The van der Waals surface area contributed by atoms with Gasteiger partial charge in [-0.25, -0.2) is 0 Å². The van der Waals surface area contributed by atoms with Crippen molar-refractivity contribution in [1.29, 1.82) is 0 Å². The lowest BCUT2D eigenvalue weighted by molar-refractivity contribution is -0.137. The zero-order valence-electron chi connectivity index (χ0n) is 10.1. The number of amides is 1. The summed E-state index contributed by atoms with van der Waals surface area (Å²) in [6.07, 6.45) is 1.52. The van der Waals surface area contributed by atoms with Crippen LogP contribution >= 0.6 is 23.2 Å². The Morgan fingerprint density at radius 1 is 1.25 bits per heavy atom. The van der Waals surface area contributed by atoms with E-state index in [0.717, 1.165) is 0 Å². The lowest BCUT2D eigenvalue weighted by Gasteiger charge is -2.09. The minimum Gasteiger partial charge on any atom is -0.480 e. The number of nitrogens with one attached hydrogen (secondary N) is 1. The number of carboxylic acids is 1. The van der Waals surface area contributed by atoms with E-state index < -0.39 is 11.9 Å². The van der Waals surface area contributed by atoms with E-state index in [2.05, 4.69) is 5.32 Å². The summed E-state index contributed by atoms with van der Waals surface area (Å²) < 4.78 is 1.33. The fourth-order valence-corrected chi connectivity index (χ4v) is 2.14. The largest absolute Gasteiger partial charge is 0.480 e. The van der Waals surface area contributed by atoms with E-state index >= 15 is 0 Å². The lowest BCUT2D eigenvalue weighted by Crippen LogP contribution is -2.19. The molecule has 0 aliphatic rings. The molecule has 0 aliphatic carbocycles. The summed E-state index contributed by atoms with van der Waals surface area (Å²) in [4.78, 5) is 22.8. The molecule has 0 radical (unpaired) electrons. The Balaban J connectivity index is 2.20. The molecule has 2 rings (SSSR count). The van der Waals surface area contributed by atoms with Crippen molar-refractivity contribution >= 4 is 40.8 Å². The second-order valence-corrected chi connectivity index (χ2v) is 4.84. The molecule has 0 atom stereocenters. The molecule has 0 aliphatic heterocycles. The lowest BCUT2D eigenvalue weighted by atomic mass is 10.3. The predicted octanol–water partition coefficient (Wildman–Crippen LogP) is 3.13. The summed E-state index contributed by atoms with van der Waals surface area (Å²) in [6, 6.07) is 7.81. The molecule has 0 saturated heterocycles. The second-order valence-electron chi connectivity index (χ2n) is 3.99. The van der Waals surface area contributed by atoms with Gasteiger partial charge in [0.1, 0.15) is 12.2 Å². The molecule has 1 aromatic heterocycles. The van der Waals surface area contributed by atoms with Gasteiger partial charge in [-0.2, -0.15) is 0 Å². The summed E-state index contributed by atoms with van der Waals surface area (Å²) >= 11 is 11.7. The van der Waals surface area contributed by atoms with Gasteiger partial charge in [0.25, 0.3) is 5.91 Å². The van der Waals surface area contributed by atoms with Crippen molar-refractivity contribution in [2.45, 2.75) is 6.54 Å². The van der Waals surface area contributed by atoms with Gasteiger partial charge in [-0.05, 0) is 30.3 Å². The number of carbonyl (C=O) groups excluding carboxylic acids is 1. The third-order valence-corrected chi connectivity index (χ3v) is 3.09. The molecule has 20 heavy (non-hydrogen) atoms. The molecule has 0 bridgehead atoms. The molecule has 1 amide bonds. The quantitative estimate of drug-likeness (QED) is 0.911. The number of anilines is 1. The van der Waals surface area contributed by atoms with E-state index in [1.54, 1.807) is 18.2 Å². The van der Waals surface area contributed by atoms with Crippen molar-refractivity contribution in [2.75, 3.05) is 5.32 Å². The van der Waals surface area contributed by atoms with E-state index in [1.807, 2.05) is 0 Å². The first-order chi connectivity index (χ1) is 9.47. The molecule has 0 fully saturated rings. The predicted molar refractivity (Wildman–Crippen MR) is 76.5 cm³/mol. The highest BCUT2D eigenvalue weighted by Crippen LogP contribution is 2.25. The van der Waals surface area contributed by atoms with E-state index in [4.69, 9.17) is 28.3 Å². The van der Waals surface area contributed by atoms with Crippen LogP contribution in [0.2, 0.25) is 10.0 Å². The fourth-order valence-electron chi connectivity index (χ4n) is 1.68. The van der Waals surface area contributed by atoms with Crippen molar-refractivity contribution in [1.82, 2.24) is 4.57 Å². The van der Waals surface area contributed by atoms with Gasteiger partial charge in [-0.15, -0.1) is 0 Å². The number of aliphatic carboxylic acids is 1. The number of nitrogens with zero attached hydrogens (tertiary/aromatic N) is 1. The molecule has 0 unspecified atom stereocenters. The Morgan fingerprint density at radius 2 is 2.00 bits per heavy atom. The maximum atomic E-state index is 12.1. The summed E-state index contributed by atoms with van der Waals surface area (Å²) in [7, 11) is 0. The zero-order chi connectivity index (χ0) is 14.7. The number of halogens is 2. The third-order valence-electron chi connectivity index (χ3n) is 2.55. The SMILES string of the molecule is O=C(O)Cn1cccc1C(=O)Nc1ccc(Cl)cc1Cl. The molecule has 2 aromatic rings. The van der Waals surface area contributed by atoms with Crippen LogP contribution in [0.1, 0.15) is 10.5 Å². The molecule has 0 saturated carbocycles. The standard InChI is InChI=1S/C13H10Cl2N2O3/c14-8-3-4-10(9(15)6-8)16-13(20)11-2-1-5-17(11)7-12(18)19/h1-6H,7H2,(H,16,20)(H,18,19). The number of benzene rings is 1. The highest BCUT2D eigenvalue weighted by molar-refractivity contribution is 6.36. The number of hydrogen-bond donors (Lipinski definition) is 2. The summed E-state index contributed by atoms with van der Waals surface area (Å²) in [6.45, 7) is -0.288. The number of carboxylic acid groups (broad SMARTS) is 1. The first-order valence-electron chi connectivity index (χ1n) is 5.60. The van der Waals surface area contributed by atoms with Crippen LogP contribution in [0.25, 0.3) is 0 Å². The summed E-state index contributed by atoms with van der Waals surface area (Å²) in [5.74, 6) is -1.47. The van der Waals surface area contributed by atoms with Crippen LogP contribution in [0.3, 0.4) is 0 Å². The van der Waals surface area contributed by atoms with Crippen LogP contribution in [0, 0.1) is 0 Å². The third kappa shape index (κ3) is 3.31. The Bertz CT molecular complexity index is 667. The Morgan fingerprint density at radius 3 is 2.65 bits per heavy atom. The Hall–Kier alpha value is -1.98. The first-order valence-corrected chi connectivity index (χ1v) is 6.36. The van der Waals surface area contributed by atoms with Gasteiger partial charge >= 0.3 is 5.97 Å². The van der Waals surface area contributed by atoms with Gasteiger partial charge < -0.3 is 15.0 Å². The van der Waals surface area contributed by atoms with E-state index in [1.165, 1.54) is 22.9 Å². The van der Waals surface area contributed by atoms with Crippen LogP contribution in [0.5, 0.6) is 0 Å². The fraction of sp³-hybridized carbons (Fsp3) is 0.0769. The highest BCUT2D eigenvalue weighted by Gasteiger charge is 2.14. The van der Waals surface area contributed by atoms with Gasteiger partial charge in [-0.3, -0.25) is 9.59 Å². The highest BCUT2D eigenvalue weighted by atomic mass is 35.5. The molecule has 1 aromatic carbocycles. The number of hydrogen-bond acceptors (Lipinski definition) is 2. The number of carbonyl (C=O) groups is 2. The summed E-state index contributed by atoms with van der Waals surface area (Å²) in [5, 5.41) is 12.1. The van der Waals surface area contributed by atoms with Crippen molar-refractivity contribution in [3.05, 3.63) is 52.3 Å². The van der Waals surface area contributed by atoms with Gasteiger partial charge in [0, 0.05) is 11.2 Å². The van der Waals surface area contributed by atoms with E-state index in [-0.39, 0.29) is 12.2 Å². The smallest absolute Gasteiger partial charge is 0.323 e. The normalized spacial score (nSPS) is 10.3. The first kappa shape index (κ1) is 14.4. The molecular formula is C13H10Cl2N2O3. The Kier molecular flexibility index (Phi) is 4.32. The maximum Gasteiger partial charge on any atom is 0.323 e. The molecule has 2 N–H and O–H groups in total. The topological polar surface area (TPSA) is 71.3 Å². The molecule has 1 heterocycles. The van der Waals surface area contributed by atoms with Crippen LogP contribution in [0.4, 0.5) is 5.69 Å². The van der Waals surface area contributed by atoms with Crippen LogP contribution in [-0.2, 0) is 11.3 Å². The second kappa shape index (κ2) is 5.98. The van der Waals surface area contributed by atoms with Crippen molar-refractivity contribution < 1.29 is 14.7 Å². The van der Waals surface area contributed by atoms with Gasteiger partial charge in [0.05, 0.1) is 10.7 Å². The minimum atomic E-state index is -1.03. The summed E-state index contributed by atoms with van der Waals surface area (Å²) in [5.41, 5.74) is 0.641. The molecule has 5 nitrogen and oxygen atoms in total. The van der Waals surface area contributed by atoms with Gasteiger partial charge in [0.15, 0.2) is 0 Å². The maximum absolute atomic E-state index is 12.1. The van der Waals surface area contributed by atoms with Crippen LogP contribution in [-0.4, -0.2) is 21.6 Å². The molecule has 104 valence electrons. The van der Waals surface area contributed by atoms with Gasteiger partial charge in [0.2, 0.25) is 0 Å². The van der Waals surface area contributed by atoms with Gasteiger partial charge in [-0.1, -0.05) is 23.2 Å². The van der Waals surface area contributed by atoms with Crippen molar-refractivity contribution in [3.63, 3.8) is 0 Å². The van der Waals surface area contributed by atoms with E-state index in [0.29, 0.717) is 15.7 Å². The minimum absolute atomic E-state index is 0.235. The zero-order valence-corrected chi connectivity index (χ0v) is 11.6. The van der Waals surface area contributed by atoms with Crippen LogP contribution in [0.15, 0.2) is 36.5 Å². The molecular weight excluding hydrogens is 303 g/mol.